The summed E-state index contributed by atoms with van der Waals surface area (Å²) in [5.74, 6) is 0. The second kappa shape index (κ2) is 6.02. The van der Waals surface area contributed by atoms with E-state index in [4.69, 9.17) is 17.3 Å². The number of nitrogens with two attached hydrogens (primary N) is 1. The number of hydrogen-bond acceptors (Lipinski definition) is 5. The van der Waals surface area contributed by atoms with E-state index in [1.165, 1.54) is 23.5 Å². The highest BCUT2D eigenvalue weighted by molar-refractivity contribution is 7.89. The van der Waals surface area contributed by atoms with Crippen LogP contribution in [0.5, 0.6) is 0 Å². The zero-order valence-corrected chi connectivity index (χ0v) is 14.0. The molecule has 1 aromatic carbocycles. The van der Waals surface area contributed by atoms with Crippen LogP contribution in [0.25, 0.3) is 0 Å². The first kappa shape index (κ1) is 16.4. The lowest BCUT2D eigenvalue weighted by molar-refractivity contribution is 0.470. The summed E-state index contributed by atoms with van der Waals surface area (Å²) in [4.78, 5) is 4.27. The molecule has 2 rings (SSSR count). The van der Waals surface area contributed by atoms with E-state index in [-0.39, 0.29) is 11.4 Å². The van der Waals surface area contributed by atoms with E-state index in [0.29, 0.717) is 15.6 Å². The van der Waals surface area contributed by atoms with Crippen LogP contribution in [-0.2, 0) is 22.1 Å². The van der Waals surface area contributed by atoms with Gasteiger partial charge in [0.25, 0.3) is 0 Å². The Morgan fingerprint density at radius 1 is 1.43 bits per heavy atom. The Balaban J connectivity index is 2.32. The summed E-state index contributed by atoms with van der Waals surface area (Å²) in [7, 11) is -3.70. The Kier molecular flexibility index (Phi) is 4.69. The molecular formula is C13H16ClN3O2S2. The fraction of sp³-hybridized carbons (Fsp3) is 0.308. The van der Waals surface area contributed by atoms with Gasteiger partial charge in [-0.15, -0.1) is 11.3 Å². The highest BCUT2D eigenvalue weighted by Crippen LogP contribution is 2.26. The second-order valence-electron chi connectivity index (χ2n) is 5.03. The quantitative estimate of drug-likeness (QED) is 0.871. The molecule has 0 aliphatic rings. The minimum Gasteiger partial charge on any atom is -0.326 e. The van der Waals surface area contributed by atoms with Crippen molar-refractivity contribution in [2.24, 2.45) is 5.73 Å². The summed E-state index contributed by atoms with van der Waals surface area (Å²) in [6.07, 6.45) is 1.64. The van der Waals surface area contributed by atoms with E-state index in [1.54, 1.807) is 31.5 Å². The zero-order valence-electron chi connectivity index (χ0n) is 11.6. The Bertz CT molecular complexity index is 728. The summed E-state index contributed by atoms with van der Waals surface area (Å²) < 4.78 is 27.6. The highest BCUT2D eigenvalue weighted by atomic mass is 35.5. The van der Waals surface area contributed by atoms with Crippen molar-refractivity contribution < 1.29 is 8.42 Å². The van der Waals surface area contributed by atoms with Crippen LogP contribution >= 0.6 is 22.9 Å². The number of halogens is 1. The van der Waals surface area contributed by atoms with Crippen LogP contribution in [0.1, 0.15) is 24.4 Å². The minimum atomic E-state index is -3.70. The summed E-state index contributed by atoms with van der Waals surface area (Å²) in [6, 6.07) is 4.52. The molecule has 114 valence electrons. The molecule has 0 bridgehead atoms. The maximum Gasteiger partial charge on any atom is 0.241 e. The van der Waals surface area contributed by atoms with Gasteiger partial charge in [-0.3, -0.25) is 0 Å². The van der Waals surface area contributed by atoms with Crippen LogP contribution in [-0.4, -0.2) is 13.4 Å². The van der Waals surface area contributed by atoms with E-state index in [1.807, 2.05) is 0 Å². The zero-order chi connectivity index (χ0) is 15.7. The lowest BCUT2D eigenvalue weighted by Gasteiger charge is -2.23. The van der Waals surface area contributed by atoms with Crippen molar-refractivity contribution in [1.82, 2.24) is 9.71 Å². The monoisotopic (exact) mass is 345 g/mol. The third-order valence-corrected chi connectivity index (χ3v) is 6.01. The Morgan fingerprint density at radius 2 is 2.14 bits per heavy atom. The molecule has 0 saturated carbocycles. The minimum absolute atomic E-state index is 0.106. The first-order chi connectivity index (χ1) is 9.76. The average Bonchev–Trinajstić information content (AvgIpc) is 2.92. The summed E-state index contributed by atoms with van der Waals surface area (Å²) in [5, 5.41) is 2.83. The van der Waals surface area contributed by atoms with Crippen LogP contribution in [0.3, 0.4) is 0 Å². The van der Waals surface area contributed by atoms with Crippen molar-refractivity contribution >= 4 is 33.0 Å². The molecule has 0 aliphatic heterocycles. The van der Waals surface area contributed by atoms with Gasteiger partial charge in [-0.2, -0.15) is 4.72 Å². The average molecular weight is 346 g/mol. The van der Waals surface area contributed by atoms with E-state index >= 15 is 0 Å². The fourth-order valence-corrected chi connectivity index (χ4v) is 4.34. The van der Waals surface area contributed by atoms with Gasteiger partial charge in [0, 0.05) is 23.1 Å². The number of benzene rings is 1. The standard InChI is InChI=1S/C13H16ClN3O2S2/c1-13(2,12-16-5-6-20-12)17-21(18,19)10-4-3-9(8-15)11(14)7-10/h3-7,17H,8,15H2,1-2H3. The molecule has 5 nitrogen and oxygen atoms in total. The molecule has 0 spiro atoms. The number of sulfonamides is 1. The first-order valence-corrected chi connectivity index (χ1v) is 8.93. The molecule has 0 fully saturated rings. The number of nitrogens with zero attached hydrogens (tertiary/aromatic N) is 1. The Morgan fingerprint density at radius 3 is 2.67 bits per heavy atom. The number of thiazole rings is 1. The first-order valence-electron chi connectivity index (χ1n) is 6.19. The van der Waals surface area contributed by atoms with Crippen molar-refractivity contribution in [2.45, 2.75) is 30.8 Å². The van der Waals surface area contributed by atoms with Crippen LogP contribution in [0.2, 0.25) is 5.02 Å². The number of aromatic nitrogens is 1. The number of nitrogens with one attached hydrogen (secondary N) is 1. The van der Waals surface area contributed by atoms with Crippen molar-refractivity contribution in [1.29, 1.82) is 0 Å². The molecule has 1 heterocycles. The lowest BCUT2D eigenvalue weighted by Crippen LogP contribution is -2.40. The molecule has 0 radical (unpaired) electrons. The second-order valence-corrected chi connectivity index (χ2v) is 8.01. The predicted octanol–water partition coefficient (Wildman–Crippen LogP) is 2.47. The van der Waals surface area contributed by atoms with Crippen LogP contribution in [0, 0.1) is 0 Å². The molecule has 1 aromatic heterocycles. The maximum absolute atomic E-state index is 12.5. The smallest absolute Gasteiger partial charge is 0.241 e. The van der Waals surface area contributed by atoms with Gasteiger partial charge in [0.2, 0.25) is 10.0 Å². The molecule has 2 aromatic rings. The van der Waals surface area contributed by atoms with Crippen LogP contribution < -0.4 is 10.5 Å². The molecule has 8 heteroatoms. The van der Waals surface area contributed by atoms with Gasteiger partial charge in [-0.1, -0.05) is 17.7 Å². The SMILES string of the molecule is CC(C)(NS(=O)(=O)c1ccc(CN)c(Cl)c1)c1nccs1. The molecule has 0 amide bonds. The largest absolute Gasteiger partial charge is 0.326 e. The van der Waals surface area contributed by atoms with Crippen LogP contribution in [0.4, 0.5) is 0 Å². The fourth-order valence-electron chi connectivity index (χ4n) is 1.83. The Labute approximate surface area is 133 Å². The predicted molar refractivity (Wildman–Crippen MR) is 84.8 cm³/mol. The number of rotatable bonds is 5. The Hall–Kier alpha value is -0.990. The molecule has 0 unspecified atom stereocenters. The molecule has 0 atom stereocenters. The molecule has 0 saturated heterocycles. The normalized spacial score (nSPS) is 12.6. The van der Waals surface area contributed by atoms with Crippen molar-refractivity contribution in [3.8, 4) is 0 Å². The third-order valence-electron chi connectivity index (χ3n) is 2.91. The maximum atomic E-state index is 12.5. The van der Waals surface area contributed by atoms with Gasteiger partial charge < -0.3 is 5.73 Å². The van der Waals surface area contributed by atoms with Gasteiger partial charge in [0.1, 0.15) is 5.01 Å². The van der Waals surface area contributed by atoms with Gasteiger partial charge in [-0.25, -0.2) is 13.4 Å². The van der Waals surface area contributed by atoms with Gasteiger partial charge in [-0.05, 0) is 31.5 Å². The van der Waals surface area contributed by atoms with Gasteiger partial charge in [0.15, 0.2) is 0 Å². The van der Waals surface area contributed by atoms with Gasteiger partial charge >= 0.3 is 0 Å². The molecular weight excluding hydrogens is 330 g/mol. The van der Waals surface area contributed by atoms with Crippen molar-refractivity contribution in [3.63, 3.8) is 0 Å². The van der Waals surface area contributed by atoms with Crippen molar-refractivity contribution in [2.75, 3.05) is 0 Å². The molecule has 21 heavy (non-hydrogen) atoms. The summed E-state index contributed by atoms with van der Waals surface area (Å²) >= 11 is 7.42. The molecule has 3 N–H and O–H groups in total. The number of hydrogen-bond donors (Lipinski definition) is 2. The highest BCUT2D eigenvalue weighted by Gasteiger charge is 2.30. The third kappa shape index (κ3) is 3.61. The van der Waals surface area contributed by atoms with Gasteiger partial charge in [0.05, 0.1) is 10.4 Å². The van der Waals surface area contributed by atoms with E-state index in [9.17, 15) is 8.42 Å². The lowest BCUT2D eigenvalue weighted by atomic mass is 10.1. The van der Waals surface area contributed by atoms with E-state index in [2.05, 4.69) is 9.71 Å². The summed E-state index contributed by atoms with van der Waals surface area (Å²) in [6.45, 7) is 3.79. The van der Waals surface area contributed by atoms with E-state index in [0.717, 1.165) is 0 Å². The topological polar surface area (TPSA) is 85.1 Å². The van der Waals surface area contributed by atoms with Crippen molar-refractivity contribution in [3.05, 3.63) is 45.4 Å². The van der Waals surface area contributed by atoms with E-state index < -0.39 is 15.6 Å². The molecule has 0 aliphatic carbocycles. The van der Waals surface area contributed by atoms with Crippen LogP contribution in [0.15, 0.2) is 34.7 Å². The summed E-state index contributed by atoms with van der Waals surface area (Å²) in [5.41, 5.74) is 5.42.